The van der Waals surface area contributed by atoms with E-state index in [0.29, 0.717) is 35.1 Å². The van der Waals surface area contributed by atoms with Gasteiger partial charge in [0.15, 0.2) is 5.76 Å². The summed E-state index contributed by atoms with van der Waals surface area (Å²) in [6.45, 7) is 7.16. The molecule has 1 aromatic carbocycles. The number of allylic oxidation sites excluding steroid dienone is 2. The molecule has 22 heavy (non-hydrogen) atoms. The molecule has 0 spiro atoms. The highest BCUT2D eigenvalue weighted by molar-refractivity contribution is 6.12. The average Bonchev–Trinajstić information content (AvgIpc) is 2.43. The molecule has 0 aliphatic heterocycles. The van der Waals surface area contributed by atoms with Crippen LogP contribution in [0, 0.1) is 12.3 Å². The van der Waals surface area contributed by atoms with Crippen LogP contribution in [0.3, 0.4) is 0 Å². The fourth-order valence-corrected chi connectivity index (χ4v) is 4.04. The van der Waals surface area contributed by atoms with Crippen LogP contribution >= 0.6 is 0 Å². The molecule has 0 radical (unpaired) electrons. The standard InChI is InChI=1S/C18H20O4/c1-9-7-10-11(8-12(9)19)18(4)6-5-13(20)17(2,3)16(18)15(22)14(10)21/h7-8,19,22H,5-6H2,1-4H3. The summed E-state index contributed by atoms with van der Waals surface area (Å²) in [6, 6.07) is 3.23. The molecule has 0 aromatic heterocycles. The number of hydrogen-bond acceptors (Lipinski definition) is 4. The minimum absolute atomic E-state index is 0.0270. The Balaban J connectivity index is 2.37. The van der Waals surface area contributed by atoms with Gasteiger partial charge < -0.3 is 10.2 Å². The summed E-state index contributed by atoms with van der Waals surface area (Å²) < 4.78 is 0. The monoisotopic (exact) mass is 300 g/mol. The van der Waals surface area contributed by atoms with Crippen LogP contribution in [0.2, 0.25) is 0 Å². The molecule has 2 aliphatic rings. The summed E-state index contributed by atoms with van der Waals surface area (Å²) in [5, 5.41) is 20.6. The largest absolute Gasteiger partial charge is 0.508 e. The number of carbonyl (C=O) groups excluding carboxylic acids is 2. The Morgan fingerprint density at radius 2 is 1.73 bits per heavy atom. The van der Waals surface area contributed by atoms with Gasteiger partial charge in [-0.15, -0.1) is 0 Å². The van der Waals surface area contributed by atoms with E-state index in [0.717, 1.165) is 0 Å². The fourth-order valence-electron chi connectivity index (χ4n) is 4.04. The van der Waals surface area contributed by atoms with Crippen LogP contribution in [-0.4, -0.2) is 21.8 Å². The molecule has 0 amide bonds. The normalized spacial score (nSPS) is 26.7. The second-order valence-electron chi connectivity index (χ2n) is 7.12. The van der Waals surface area contributed by atoms with Gasteiger partial charge in [0.25, 0.3) is 0 Å². The van der Waals surface area contributed by atoms with Gasteiger partial charge in [0, 0.05) is 22.8 Å². The van der Waals surface area contributed by atoms with E-state index in [2.05, 4.69) is 0 Å². The molecule has 116 valence electrons. The van der Waals surface area contributed by atoms with Crippen LogP contribution in [0.15, 0.2) is 23.5 Å². The molecule has 1 fully saturated rings. The number of phenolic OH excluding ortho intramolecular Hbond substituents is 1. The Hall–Kier alpha value is -2.10. The van der Waals surface area contributed by atoms with E-state index in [1.807, 2.05) is 6.92 Å². The van der Waals surface area contributed by atoms with E-state index in [-0.39, 0.29) is 17.3 Å². The lowest BCUT2D eigenvalue weighted by atomic mass is 9.54. The molecule has 1 atom stereocenters. The summed E-state index contributed by atoms with van der Waals surface area (Å²) in [4.78, 5) is 24.9. The first-order valence-electron chi connectivity index (χ1n) is 7.47. The zero-order valence-electron chi connectivity index (χ0n) is 13.3. The van der Waals surface area contributed by atoms with E-state index < -0.39 is 16.6 Å². The summed E-state index contributed by atoms with van der Waals surface area (Å²) in [5.41, 5.74) is 0.703. The molecule has 0 saturated heterocycles. The lowest BCUT2D eigenvalue weighted by molar-refractivity contribution is -0.127. The van der Waals surface area contributed by atoms with E-state index in [1.165, 1.54) is 0 Å². The van der Waals surface area contributed by atoms with Gasteiger partial charge in [-0.25, -0.2) is 0 Å². The van der Waals surface area contributed by atoms with Crippen molar-refractivity contribution in [3.8, 4) is 5.75 Å². The van der Waals surface area contributed by atoms with Crippen LogP contribution in [-0.2, 0) is 10.2 Å². The maximum Gasteiger partial charge on any atom is 0.227 e. The molecule has 2 N–H and O–H groups in total. The molecular weight excluding hydrogens is 280 g/mol. The Bertz CT molecular complexity index is 755. The average molecular weight is 300 g/mol. The third kappa shape index (κ3) is 1.64. The summed E-state index contributed by atoms with van der Waals surface area (Å²) in [7, 11) is 0. The smallest absolute Gasteiger partial charge is 0.227 e. The van der Waals surface area contributed by atoms with E-state index in [1.54, 1.807) is 32.9 Å². The van der Waals surface area contributed by atoms with Gasteiger partial charge in [-0.05, 0) is 56.0 Å². The van der Waals surface area contributed by atoms with E-state index in [9.17, 15) is 19.8 Å². The van der Waals surface area contributed by atoms with Crippen molar-refractivity contribution in [2.45, 2.75) is 46.0 Å². The molecule has 1 unspecified atom stereocenters. The van der Waals surface area contributed by atoms with Crippen molar-refractivity contribution in [2.24, 2.45) is 5.41 Å². The number of benzene rings is 1. The number of rotatable bonds is 0. The van der Waals surface area contributed by atoms with Crippen molar-refractivity contribution in [3.63, 3.8) is 0 Å². The zero-order chi connectivity index (χ0) is 16.4. The number of aryl methyl sites for hydroxylation is 1. The highest BCUT2D eigenvalue weighted by Gasteiger charge is 2.53. The number of fused-ring (bicyclic) bond motifs is 3. The predicted octanol–water partition coefficient (Wildman–Crippen LogP) is 3.36. The number of aromatic hydroxyl groups is 1. The number of carbonyl (C=O) groups is 2. The number of aliphatic hydroxyl groups excluding tert-OH is 1. The van der Waals surface area contributed by atoms with E-state index >= 15 is 0 Å². The second-order valence-corrected chi connectivity index (χ2v) is 7.12. The van der Waals surface area contributed by atoms with Gasteiger partial charge in [0.1, 0.15) is 11.5 Å². The van der Waals surface area contributed by atoms with Crippen LogP contribution in [0.1, 0.15) is 55.1 Å². The molecule has 2 aliphatic carbocycles. The summed E-state index contributed by atoms with van der Waals surface area (Å²) in [5.74, 6) is -0.617. The van der Waals surface area contributed by atoms with Crippen molar-refractivity contribution in [1.82, 2.24) is 0 Å². The number of phenols is 1. The first-order chi connectivity index (χ1) is 10.1. The highest BCUT2D eigenvalue weighted by atomic mass is 16.3. The highest BCUT2D eigenvalue weighted by Crippen LogP contribution is 2.55. The Kier molecular flexibility index (Phi) is 2.84. The minimum atomic E-state index is -0.884. The number of Topliss-reactive ketones (excluding diaryl/α,β-unsaturated/α-hetero) is 2. The second kappa shape index (κ2) is 4.22. The molecule has 3 rings (SSSR count). The van der Waals surface area contributed by atoms with Gasteiger partial charge in [-0.1, -0.05) is 6.92 Å². The quantitative estimate of drug-likeness (QED) is 0.770. The molecule has 1 aromatic rings. The number of aliphatic hydroxyl groups is 1. The lowest BCUT2D eigenvalue weighted by Crippen LogP contribution is -2.47. The van der Waals surface area contributed by atoms with Gasteiger partial charge in [-0.2, -0.15) is 0 Å². The Labute approximate surface area is 129 Å². The summed E-state index contributed by atoms with van der Waals surface area (Å²) in [6.07, 6.45) is 0.917. The van der Waals surface area contributed by atoms with Gasteiger partial charge >= 0.3 is 0 Å². The Morgan fingerprint density at radius 3 is 2.36 bits per heavy atom. The van der Waals surface area contributed by atoms with E-state index in [4.69, 9.17) is 0 Å². The molecule has 0 heterocycles. The molecule has 4 heteroatoms. The molecule has 4 nitrogen and oxygen atoms in total. The molecule has 1 saturated carbocycles. The minimum Gasteiger partial charge on any atom is -0.508 e. The fraction of sp³-hybridized carbons (Fsp3) is 0.444. The number of ketones is 2. The van der Waals surface area contributed by atoms with Crippen LogP contribution in [0.25, 0.3) is 0 Å². The zero-order valence-corrected chi connectivity index (χ0v) is 13.3. The maximum absolute atomic E-state index is 12.6. The van der Waals surface area contributed by atoms with Crippen molar-refractivity contribution in [1.29, 1.82) is 0 Å². The SMILES string of the molecule is Cc1cc2c(cc1O)C1(C)CCC(=O)C(C)(C)C1=C(O)C2=O. The molecule has 0 bridgehead atoms. The summed E-state index contributed by atoms with van der Waals surface area (Å²) >= 11 is 0. The lowest BCUT2D eigenvalue weighted by Gasteiger charge is -2.47. The Morgan fingerprint density at radius 1 is 1.09 bits per heavy atom. The van der Waals surface area contributed by atoms with Crippen molar-refractivity contribution < 1.29 is 19.8 Å². The third-order valence-electron chi connectivity index (χ3n) is 5.35. The predicted molar refractivity (Wildman–Crippen MR) is 82.2 cm³/mol. The molecular formula is C18H20O4. The maximum atomic E-state index is 12.6. The van der Waals surface area contributed by atoms with Crippen LogP contribution in [0.5, 0.6) is 5.75 Å². The van der Waals surface area contributed by atoms with Crippen molar-refractivity contribution >= 4 is 11.6 Å². The van der Waals surface area contributed by atoms with Gasteiger partial charge in [0.2, 0.25) is 5.78 Å². The first-order valence-corrected chi connectivity index (χ1v) is 7.47. The van der Waals surface area contributed by atoms with Crippen molar-refractivity contribution in [3.05, 3.63) is 40.2 Å². The number of hydrogen-bond donors (Lipinski definition) is 2. The van der Waals surface area contributed by atoms with Crippen molar-refractivity contribution in [2.75, 3.05) is 0 Å². The third-order valence-corrected chi connectivity index (χ3v) is 5.35. The topological polar surface area (TPSA) is 74.6 Å². The first kappa shape index (κ1) is 14.8. The van der Waals surface area contributed by atoms with Gasteiger partial charge in [-0.3, -0.25) is 9.59 Å². The van der Waals surface area contributed by atoms with Crippen LogP contribution in [0.4, 0.5) is 0 Å². The van der Waals surface area contributed by atoms with Crippen LogP contribution < -0.4 is 0 Å². The van der Waals surface area contributed by atoms with Gasteiger partial charge in [0.05, 0.1) is 0 Å².